The summed E-state index contributed by atoms with van der Waals surface area (Å²) in [7, 11) is -3.46. The third-order valence-corrected chi connectivity index (χ3v) is 8.89. The highest BCUT2D eigenvalue weighted by Crippen LogP contribution is 2.23. The first kappa shape index (κ1) is 24.2. The fraction of sp³-hybridized carbons (Fsp3) is 0.522. The van der Waals surface area contributed by atoms with Crippen LogP contribution >= 0.6 is 11.3 Å². The monoisotopic (exact) mass is 492 g/mol. The van der Waals surface area contributed by atoms with E-state index < -0.39 is 10.0 Å². The first-order chi connectivity index (χ1) is 15.8. The number of likely N-dealkylation sites (tertiary alicyclic amines) is 1. The Labute approximate surface area is 200 Å². The van der Waals surface area contributed by atoms with Gasteiger partial charge in [-0.05, 0) is 62.4 Å². The maximum atomic E-state index is 12.5. The second-order valence-corrected chi connectivity index (χ2v) is 11.7. The molecule has 1 amide bonds. The Morgan fingerprint density at radius 1 is 1.09 bits per heavy atom. The van der Waals surface area contributed by atoms with Crippen molar-refractivity contribution in [1.29, 1.82) is 0 Å². The molecule has 0 radical (unpaired) electrons. The van der Waals surface area contributed by atoms with Crippen LogP contribution < -0.4 is 14.9 Å². The van der Waals surface area contributed by atoms with Crippen molar-refractivity contribution in [3.05, 3.63) is 41.8 Å². The van der Waals surface area contributed by atoms with Gasteiger partial charge in [0, 0.05) is 43.6 Å². The first-order valence-electron chi connectivity index (χ1n) is 11.4. The van der Waals surface area contributed by atoms with E-state index in [2.05, 4.69) is 33.7 Å². The molecule has 1 aromatic carbocycles. The summed E-state index contributed by atoms with van der Waals surface area (Å²) in [6, 6.07) is 11.2. The summed E-state index contributed by atoms with van der Waals surface area (Å²) in [5.74, 6) is -0.0611. The zero-order valence-electron chi connectivity index (χ0n) is 19.1. The number of sulfonamides is 1. The molecule has 4 rings (SSSR count). The summed E-state index contributed by atoms with van der Waals surface area (Å²) < 4.78 is 33.7. The van der Waals surface area contributed by atoms with Crippen LogP contribution in [0.15, 0.2) is 46.0 Å². The van der Waals surface area contributed by atoms with E-state index in [-0.39, 0.29) is 24.2 Å². The van der Waals surface area contributed by atoms with Crippen LogP contribution in [-0.4, -0.2) is 70.2 Å². The smallest absolute Gasteiger partial charge is 0.250 e. The molecule has 2 aliphatic heterocycles. The van der Waals surface area contributed by atoms with Crippen molar-refractivity contribution >= 4 is 38.6 Å². The number of thiophene rings is 1. The number of nitrogens with one attached hydrogen (secondary N) is 2. The van der Waals surface area contributed by atoms with Gasteiger partial charge in [-0.2, -0.15) is 0 Å². The minimum Gasteiger partial charge on any atom is -0.372 e. The number of carbonyl (C=O) groups excluding carboxylic acids is 1. The number of rotatable bonds is 7. The van der Waals surface area contributed by atoms with Gasteiger partial charge in [-0.3, -0.25) is 9.69 Å². The number of nitrogens with zero attached hydrogens (tertiary/aromatic N) is 2. The van der Waals surface area contributed by atoms with E-state index >= 15 is 0 Å². The average Bonchev–Trinajstić information content (AvgIpc) is 3.31. The lowest BCUT2D eigenvalue weighted by Gasteiger charge is -2.36. The first-order valence-corrected chi connectivity index (χ1v) is 13.7. The quantitative estimate of drug-likeness (QED) is 0.618. The molecule has 10 heteroatoms. The molecule has 2 fully saturated rings. The summed E-state index contributed by atoms with van der Waals surface area (Å²) in [5, 5.41) is 4.73. The van der Waals surface area contributed by atoms with E-state index in [9.17, 15) is 13.2 Å². The average molecular weight is 493 g/mol. The molecule has 2 N–H and O–H groups in total. The SMILES string of the molecule is CC1CN(c2ccc(NC(=O)CN3CCC(NS(=O)(=O)c4cccs4)CC3)cc2)CC(C)O1. The van der Waals surface area contributed by atoms with E-state index in [1.165, 1.54) is 11.3 Å². The molecular formula is C23H32N4O4S2. The van der Waals surface area contributed by atoms with Gasteiger partial charge in [0.2, 0.25) is 15.9 Å². The van der Waals surface area contributed by atoms with Gasteiger partial charge in [-0.15, -0.1) is 11.3 Å². The predicted octanol–water partition coefficient (Wildman–Crippen LogP) is 2.74. The normalized spacial score (nSPS) is 22.9. The fourth-order valence-corrected chi connectivity index (χ4v) is 6.77. The van der Waals surface area contributed by atoms with Crippen molar-refractivity contribution in [1.82, 2.24) is 9.62 Å². The number of hydrogen-bond donors (Lipinski definition) is 2. The van der Waals surface area contributed by atoms with E-state index in [0.29, 0.717) is 36.7 Å². The number of carbonyl (C=O) groups is 1. The highest BCUT2D eigenvalue weighted by molar-refractivity contribution is 7.91. The Morgan fingerprint density at radius 3 is 2.36 bits per heavy atom. The Bertz CT molecular complexity index is 1010. The third kappa shape index (κ3) is 6.54. The molecule has 0 bridgehead atoms. The van der Waals surface area contributed by atoms with E-state index in [4.69, 9.17) is 4.74 Å². The van der Waals surface area contributed by atoms with Crippen molar-refractivity contribution in [2.75, 3.05) is 42.9 Å². The second kappa shape index (κ2) is 10.5. The lowest BCUT2D eigenvalue weighted by Crippen LogP contribution is -2.46. The molecule has 33 heavy (non-hydrogen) atoms. The van der Waals surface area contributed by atoms with Gasteiger partial charge in [0.05, 0.1) is 18.8 Å². The molecule has 180 valence electrons. The molecule has 0 aliphatic carbocycles. The van der Waals surface area contributed by atoms with Crippen LogP contribution in [-0.2, 0) is 19.6 Å². The number of anilines is 2. The van der Waals surface area contributed by atoms with Gasteiger partial charge < -0.3 is 15.0 Å². The largest absolute Gasteiger partial charge is 0.372 e. The Balaban J connectivity index is 1.22. The van der Waals surface area contributed by atoms with Crippen molar-refractivity contribution in [3.8, 4) is 0 Å². The molecule has 8 nitrogen and oxygen atoms in total. The molecule has 2 saturated heterocycles. The van der Waals surface area contributed by atoms with Crippen LogP contribution in [0.2, 0.25) is 0 Å². The lowest BCUT2D eigenvalue weighted by atomic mass is 10.1. The van der Waals surface area contributed by atoms with Crippen molar-refractivity contribution < 1.29 is 17.9 Å². The highest BCUT2D eigenvalue weighted by Gasteiger charge is 2.26. The fourth-order valence-electron chi connectivity index (χ4n) is 4.45. The third-order valence-electron chi connectivity index (χ3n) is 5.97. The Hall–Kier alpha value is -1.98. The van der Waals surface area contributed by atoms with Crippen LogP contribution in [0.5, 0.6) is 0 Å². The molecule has 0 saturated carbocycles. The van der Waals surface area contributed by atoms with Crippen molar-refractivity contribution in [3.63, 3.8) is 0 Å². The minimum absolute atomic E-state index is 0.0611. The topological polar surface area (TPSA) is 91.0 Å². The van der Waals surface area contributed by atoms with Gasteiger partial charge >= 0.3 is 0 Å². The molecule has 2 unspecified atom stereocenters. The molecule has 2 atom stereocenters. The summed E-state index contributed by atoms with van der Waals surface area (Å²) in [6.07, 6.45) is 1.76. The van der Waals surface area contributed by atoms with Gasteiger partial charge in [-0.1, -0.05) is 6.07 Å². The molecule has 3 heterocycles. The zero-order chi connectivity index (χ0) is 23.4. The minimum atomic E-state index is -3.46. The lowest BCUT2D eigenvalue weighted by molar-refractivity contribution is -0.117. The molecule has 1 aromatic heterocycles. The maximum absolute atomic E-state index is 12.5. The van der Waals surface area contributed by atoms with Gasteiger partial charge in [0.25, 0.3) is 0 Å². The molecule has 2 aliphatic rings. The van der Waals surface area contributed by atoms with Gasteiger partial charge in [0.1, 0.15) is 4.21 Å². The van der Waals surface area contributed by atoms with Crippen LogP contribution in [0.4, 0.5) is 11.4 Å². The number of ether oxygens (including phenoxy) is 1. The van der Waals surface area contributed by atoms with Crippen LogP contribution in [0, 0.1) is 0 Å². The van der Waals surface area contributed by atoms with Crippen molar-refractivity contribution in [2.24, 2.45) is 0 Å². The number of morpholine rings is 1. The molecule has 0 spiro atoms. The number of amides is 1. The number of piperidine rings is 1. The standard InChI is InChI=1S/C23H32N4O4S2/c1-17-14-27(15-18(2)31-17)21-7-5-19(6-8-21)24-22(28)16-26-11-9-20(10-12-26)25-33(29,30)23-4-3-13-32-23/h3-8,13,17-18,20,25H,9-12,14-16H2,1-2H3,(H,24,28). The number of benzene rings is 1. The maximum Gasteiger partial charge on any atom is 0.250 e. The Morgan fingerprint density at radius 2 is 1.76 bits per heavy atom. The summed E-state index contributed by atoms with van der Waals surface area (Å²) in [4.78, 5) is 16.9. The Kier molecular flexibility index (Phi) is 7.70. The van der Waals surface area contributed by atoms with E-state index in [1.54, 1.807) is 17.5 Å². The molecule has 2 aromatic rings. The van der Waals surface area contributed by atoms with Crippen LogP contribution in [0.3, 0.4) is 0 Å². The zero-order valence-corrected chi connectivity index (χ0v) is 20.7. The summed E-state index contributed by atoms with van der Waals surface area (Å²) in [5.41, 5.74) is 1.90. The van der Waals surface area contributed by atoms with Gasteiger partial charge in [-0.25, -0.2) is 13.1 Å². The second-order valence-electron chi connectivity index (χ2n) is 8.86. The van der Waals surface area contributed by atoms with Crippen molar-refractivity contribution in [2.45, 2.75) is 49.1 Å². The van der Waals surface area contributed by atoms with E-state index in [1.807, 2.05) is 24.3 Å². The summed E-state index contributed by atoms with van der Waals surface area (Å²) in [6.45, 7) is 7.53. The predicted molar refractivity (Wildman–Crippen MR) is 131 cm³/mol. The highest BCUT2D eigenvalue weighted by atomic mass is 32.2. The summed E-state index contributed by atoms with van der Waals surface area (Å²) >= 11 is 1.22. The number of hydrogen-bond acceptors (Lipinski definition) is 7. The van der Waals surface area contributed by atoms with Gasteiger partial charge in [0.15, 0.2) is 0 Å². The van der Waals surface area contributed by atoms with E-state index in [0.717, 1.165) is 24.5 Å². The van der Waals surface area contributed by atoms with Crippen LogP contribution in [0.1, 0.15) is 26.7 Å². The molecular weight excluding hydrogens is 460 g/mol. The van der Waals surface area contributed by atoms with Crippen LogP contribution in [0.25, 0.3) is 0 Å².